The molecule has 2 saturated heterocycles. The molecule has 4 atom stereocenters. The zero-order chi connectivity index (χ0) is 40.9. The molecule has 4 aromatic rings. The van der Waals surface area contributed by atoms with Gasteiger partial charge < -0.3 is 39.9 Å². The molecule has 2 aliphatic rings. The number of hydrogen-bond acceptors (Lipinski definition) is 9. The normalized spacial score (nSPS) is 18.0. The predicted molar refractivity (Wildman–Crippen MR) is 220 cm³/mol. The van der Waals surface area contributed by atoms with Crippen molar-refractivity contribution in [2.24, 2.45) is 5.92 Å². The minimum atomic E-state index is -0.711. The quantitative estimate of drug-likeness (QED) is 0.117. The maximum atomic E-state index is 13.8. The number of amides is 4. The Kier molecular flexibility index (Phi) is 13.0. The average Bonchev–Trinajstić information content (AvgIpc) is 4.04. The molecule has 2 aromatic heterocycles. The van der Waals surface area contributed by atoms with Crippen LogP contribution in [0.5, 0.6) is 0 Å². The van der Waals surface area contributed by atoms with Gasteiger partial charge >= 0.3 is 12.2 Å². The summed E-state index contributed by atoms with van der Waals surface area (Å²) < 4.78 is 9.51. The summed E-state index contributed by atoms with van der Waals surface area (Å²) in [6, 6.07) is 14.7. The molecule has 4 heterocycles. The monoisotopic (exact) mass is 798 g/mol. The van der Waals surface area contributed by atoms with Crippen molar-refractivity contribution in [3.8, 4) is 33.6 Å². The first-order chi connectivity index (χ1) is 27.3. The van der Waals surface area contributed by atoms with Gasteiger partial charge in [0, 0.05) is 23.6 Å². The first-order valence-corrected chi connectivity index (χ1v) is 20.5. The zero-order valence-electron chi connectivity index (χ0n) is 33.8. The molecular formula is C42H54N8O6S. The number of benzene rings is 2. The highest BCUT2D eigenvalue weighted by atomic mass is 32.2. The van der Waals surface area contributed by atoms with Gasteiger partial charge in [-0.15, -0.1) is 0 Å². The minimum Gasteiger partial charge on any atom is -0.453 e. The maximum absolute atomic E-state index is 13.8. The molecular weight excluding hydrogens is 745 g/mol. The van der Waals surface area contributed by atoms with Crippen LogP contribution in [0.15, 0.2) is 60.9 Å². The molecule has 4 N–H and O–H groups in total. The summed E-state index contributed by atoms with van der Waals surface area (Å²) in [7, 11) is 2.59. The van der Waals surface area contributed by atoms with Crippen molar-refractivity contribution in [2.45, 2.75) is 89.2 Å². The molecule has 57 heavy (non-hydrogen) atoms. The molecule has 2 aliphatic heterocycles. The van der Waals surface area contributed by atoms with E-state index in [1.165, 1.54) is 14.2 Å². The van der Waals surface area contributed by atoms with E-state index >= 15 is 0 Å². The van der Waals surface area contributed by atoms with E-state index in [4.69, 9.17) is 14.5 Å². The molecule has 0 unspecified atom stereocenters. The van der Waals surface area contributed by atoms with Gasteiger partial charge in [0.1, 0.15) is 23.7 Å². The second-order valence-electron chi connectivity index (χ2n) is 15.9. The molecule has 2 aromatic carbocycles. The number of hydrogen-bond donors (Lipinski definition) is 4. The number of aromatic nitrogens is 4. The van der Waals surface area contributed by atoms with Gasteiger partial charge in [-0.1, -0.05) is 83.1 Å². The van der Waals surface area contributed by atoms with Crippen molar-refractivity contribution in [3.63, 3.8) is 0 Å². The Morgan fingerprint density at radius 2 is 1.18 bits per heavy atom. The summed E-state index contributed by atoms with van der Waals surface area (Å²) in [5.74, 6) is 1.49. The molecule has 2 fully saturated rings. The summed E-state index contributed by atoms with van der Waals surface area (Å²) in [5.41, 5.74) is 5.78. The van der Waals surface area contributed by atoms with Crippen LogP contribution in [0.25, 0.3) is 33.6 Å². The number of carbonyl (C=O) groups is 4. The zero-order valence-corrected chi connectivity index (χ0v) is 34.6. The highest BCUT2D eigenvalue weighted by Gasteiger charge is 2.38. The van der Waals surface area contributed by atoms with E-state index in [0.717, 1.165) is 71.0 Å². The van der Waals surface area contributed by atoms with Crippen LogP contribution in [0.2, 0.25) is 0 Å². The first-order valence-electron chi connectivity index (χ1n) is 19.5. The van der Waals surface area contributed by atoms with E-state index in [-0.39, 0.29) is 34.6 Å². The molecule has 0 radical (unpaired) electrons. The van der Waals surface area contributed by atoms with Gasteiger partial charge in [0.15, 0.2) is 0 Å². The Labute approximate surface area is 338 Å². The minimum absolute atomic E-state index is 0.0737. The lowest BCUT2D eigenvalue weighted by Crippen LogP contribution is -2.51. The lowest BCUT2D eigenvalue weighted by Gasteiger charge is -2.30. The van der Waals surface area contributed by atoms with E-state index in [0.29, 0.717) is 18.8 Å². The Balaban J connectivity index is 1.10. The predicted octanol–water partition coefficient (Wildman–Crippen LogP) is 7.10. The van der Waals surface area contributed by atoms with Crippen molar-refractivity contribution in [1.29, 1.82) is 0 Å². The van der Waals surface area contributed by atoms with Gasteiger partial charge in [0.2, 0.25) is 11.8 Å². The molecule has 14 nitrogen and oxygen atoms in total. The molecule has 6 rings (SSSR count). The molecule has 4 amide bonds. The standard InChI is InChI=1S/C42H54N8O6S/c1-25(2)35(48-41(54)56-7)39(52)50-21-9-11-34(50)37-44-23-31(46-37)29-18-14-27(15-19-29)26-12-16-28(17-13-26)30-22-43-36(45-30)33-10-8-20-49(33)38(51)32(47-40(53)55-6)24-57-42(3,4)5/h12-19,22-23,25,32-35H,8-11,20-21,24H2,1-7H3,(H,43,45)(H,44,46)(H,47,53)(H,48,54)/t32-,33-,34-,35-/m0/s1. The summed E-state index contributed by atoms with van der Waals surface area (Å²) in [6.45, 7) is 11.2. The fourth-order valence-electron chi connectivity index (χ4n) is 7.41. The van der Waals surface area contributed by atoms with Gasteiger partial charge in [-0.3, -0.25) is 9.59 Å². The molecule has 304 valence electrons. The fraction of sp³-hybridized carbons (Fsp3) is 0.476. The molecule has 0 aliphatic carbocycles. The summed E-state index contributed by atoms with van der Waals surface area (Å²) in [4.78, 5) is 71.3. The first kappa shape index (κ1) is 41.3. The third-order valence-corrected chi connectivity index (χ3v) is 11.8. The molecule has 0 spiro atoms. The van der Waals surface area contributed by atoms with Crippen molar-refractivity contribution < 1.29 is 28.7 Å². The lowest BCUT2D eigenvalue weighted by atomic mass is 10.0. The average molecular weight is 799 g/mol. The lowest BCUT2D eigenvalue weighted by molar-refractivity contribution is -0.135. The number of rotatable bonds is 12. The van der Waals surface area contributed by atoms with Gasteiger partial charge in [-0.25, -0.2) is 19.6 Å². The van der Waals surface area contributed by atoms with Gasteiger partial charge in [-0.2, -0.15) is 11.8 Å². The van der Waals surface area contributed by atoms with Crippen molar-refractivity contribution >= 4 is 35.8 Å². The number of ether oxygens (including phenoxy) is 2. The van der Waals surface area contributed by atoms with E-state index in [1.54, 1.807) is 29.1 Å². The summed E-state index contributed by atoms with van der Waals surface area (Å²) in [5, 5.41) is 5.44. The fourth-order valence-corrected chi connectivity index (χ4v) is 8.30. The number of H-pyrrole nitrogens is 2. The van der Waals surface area contributed by atoms with Gasteiger partial charge in [0.05, 0.1) is 50.1 Å². The van der Waals surface area contributed by atoms with Crippen LogP contribution < -0.4 is 10.6 Å². The van der Waals surface area contributed by atoms with Crippen LogP contribution in [0.1, 0.15) is 84.0 Å². The molecule has 15 heteroatoms. The maximum Gasteiger partial charge on any atom is 0.407 e. The van der Waals surface area contributed by atoms with Crippen LogP contribution in [-0.2, 0) is 19.1 Å². The summed E-state index contributed by atoms with van der Waals surface area (Å²) >= 11 is 1.62. The van der Waals surface area contributed by atoms with E-state index in [2.05, 4.69) is 94.9 Å². The number of imidazole rings is 2. The van der Waals surface area contributed by atoms with Crippen molar-refractivity contribution in [2.75, 3.05) is 33.1 Å². The van der Waals surface area contributed by atoms with E-state index in [1.807, 2.05) is 18.7 Å². The smallest absolute Gasteiger partial charge is 0.407 e. The van der Waals surface area contributed by atoms with Crippen LogP contribution in [0, 0.1) is 5.92 Å². The Morgan fingerprint density at radius 3 is 1.61 bits per heavy atom. The second kappa shape index (κ2) is 17.9. The third-order valence-electron chi connectivity index (χ3n) is 10.5. The van der Waals surface area contributed by atoms with Crippen LogP contribution >= 0.6 is 11.8 Å². The SMILES string of the molecule is COC(=O)N[C@@H](CSC(C)(C)C)C(=O)N1CCC[C@H]1c1ncc(-c2ccc(-c3ccc(-c4cnc([C@@H]5CCCN5C(=O)[C@@H](NC(=O)OC)C(C)C)[nH]4)cc3)cc2)[nH]1. The van der Waals surface area contributed by atoms with Crippen molar-refractivity contribution in [3.05, 3.63) is 72.6 Å². The van der Waals surface area contributed by atoms with Crippen LogP contribution in [-0.4, -0.2) is 104 Å². The number of alkyl carbamates (subject to hydrolysis) is 2. The summed E-state index contributed by atoms with van der Waals surface area (Å²) in [6.07, 6.45) is 5.61. The number of thioether (sulfide) groups is 1. The molecule has 0 bridgehead atoms. The van der Waals surface area contributed by atoms with Crippen LogP contribution in [0.3, 0.4) is 0 Å². The number of aromatic amines is 2. The number of carbonyl (C=O) groups excluding carboxylic acids is 4. The molecule has 0 saturated carbocycles. The highest BCUT2D eigenvalue weighted by Crippen LogP contribution is 2.35. The van der Waals surface area contributed by atoms with E-state index in [9.17, 15) is 19.2 Å². The number of likely N-dealkylation sites (tertiary alicyclic amines) is 2. The van der Waals surface area contributed by atoms with Gasteiger partial charge in [-0.05, 0) is 53.9 Å². The van der Waals surface area contributed by atoms with Gasteiger partial charge in [0.25, 0.3) is 0 Å². The Hall–Kier alpha value is -5.31. The van der Waals surface area contributed by atoms with Crippen LogP contribution in [0.4, 0.5) is 9.59 Å². The Bertz CT molecular complexity index is 2020. The third kappa shape index (κ3) is 9.81. The van der Waals surface area contributed by atoms with E-state index < -0.39 is 24.3 Å². The number of methoxy groups -OCH3 is 2. The topological polar surface area (TPSA) is 175 Å². The van der Waals surface area contributed by atoms with Crippen molar-refractivity contribution in [1.82, 2.24) is 40.4 Å². The number of nitrogens with zero attached hydrogens (tertiary/aromatic N) is 4. The number of nitrogens with one attached hydrogen (secondary N) is 4. The highest BCUT2D eigenvalue weighted by molar-refractivity contribution is 8.00. The Morgan fingerprint density at radius 1 is 0.737 bits per heavy atom. The second-order valence-corrected chi connectivity index (χ2v) is 17.7. The largest absolute Gasteiger partial charge is 0.453 e.